The van der Waals surface area contributed by atoms with E-state index in [1.807, 2.05) is 0 Å². The van der Waals surface area contributed by atoms with Gasteiger partial charge < -0.3 is 0 Å². The van der Waals surface area contributed by atoms with Gasteiger partial charge in [0.15, 0.2) is 0 Å². The largest absolute Gasteiger partial charge is 0.276 e. The fourth-order valence-electron chi connectivity index (χ4n) is 2.02. The lowest BCUT2D eigenvalue weighted by atomic mass is 9.89. The number of nitrogens with zero attached hydrogens (tertiary/aromatic N) is 1. The van der Waals surface area contributed by atoms with Gasteiger partial charge in [0, 0.05) is 13.1 Å². The summed E-state index contributed by atoms with van der Waals surface area (Å²) in [5.74, 6) is 1.28. The van der Waals surface area contributed by atoms with Crippen molar-refractivity contribution in [2.45, 2.75) is 33.1 Å². The Kier molecular flexibility index (Phi) is 3.92. The fraction of sp³-hybridized carbons (Fsp3) is 1.00. The molecule has 1 fully saturated rings. The third kappa shape index (κ3) is 3.22. The van der Waals surface area contributed by atoms with Gasteiger partial charge in [0.2, 0.25) is 0 Å². The normalized spacial score (nSPS) is 26.4. The van der Waals surface area contributed by atoms with Crippen molar-refractivity contribution >= 4 is 10.2 Å². The molecule has 4 nitrogen and oxygen atoms in total. The molecule has 1 rings (SSSR count). The van der Waals surface area contributed by atoms with Crippen LogP contribution in [0.5, 0.6) is 0 Å². The SMILES string of the molecule is CC(C)[C@H]1CCCN(S(N)(=O)=O)CC1. The minimum atomic E-state index is -3.47. The zero-order valence-electron chi connectivity index (χ0n) is 8.94. The molecule has 0 saturated carbocycles. The second kappa shape index (κ2) is 4.59. The Morgan fingerprint density at radius 2 is 1.93 bits per heavy atom. The third-order valence-electron chi connectivity index (χ3n) is 3.03. The van der Waals surface area contributed by atoms with Crippen molar-refractivity contribution in [2.24, 2.45) is 17.0 Å². The highest BCUT2D eigenvalue weighted by Gasteiger charge is 2.24. The van der Waals surface area contributed by atoms with E-state index >= 15 is 0 Å². The number of nitrogens with two attached hydrogens (primary N) is 1. The van der Waals surface area contributed by atoms with E-state index in [1.165, 1.54) is 4.31 Å². The summed E-state index contributed by atoms with van der Waals surface area (Å²) >= 11 is 0. The van der Waals surface area contributed by atoms with Gasteiger partial charge in [-0.25, -0.2) is 5.14 Å². The molecule has 0 aromatic carbocycles. The van der Waals surface area contributed by atoms with Gasteiger partial charge in [0.05, 0.1) is 0 Å². The third-order valence-corrected chi connectivity index (χ3v) is 4.12. The monoisotopic (exact) mass is 220 g/mol. The Morgan fingerprint density at radius 3 is 2.43 bits per heavy atom. The van der Waals surface area contributed by atoms with E-state index in [9.17, 15) is 8.42 Å². The molecule has 0 unspecified atom stereocenters. The molecule has 0 amide bonds. The first-order valence-corrected chi connectivity index (χ1v) is 6.69. The Morgan fingerprint density at radius 1 is 1.29 bits per heavy atom. The first kappa shape index (κ1) is 11.9. The van der Waals surface area contributed by atoms with Gasteiger partial charge in [0.1, 0.15) is 0 Å². The number of hydrogen-bond acceptors (Lipinski definition) is 2. The summed E-state index contributed by atoms with van der Waals surface area (Å²) in [6, 6.07) is 0. The van der Waals surface area contributed by atoms with Crippen LogP contribution in [-0.2, 0) is 10.2 Å². The van der Waals surface area contributed by atoms with Crippen LogP contribution in [0.2, 0.25) is 0 Å². The lowest BCUT2D eigenvalue weighted by Gasteiger charge is -2.19. The summed E-state index contributed by atoms with van der Waals surface area (Å²) < 4.78 is 23.6. The van der Waals surface area contributed by atoms with E-state index in [0.29, 0.717) is 24.9 Å². The number of rotatable bonds is 2. The average Bonchev–Trinajstić information content (AvgIpc) is 2.26. The van der Waals surface area contributed by atoms with Gasteiger partial charge in [-0.3, -0.25) is 0 Å². The second-order valence-electron chi connectivity index (χ2n) is 4.38. The van der Waals surface area contributed by atoms with Crippen LogP contribution in [0.3, 0.4) is 0 Å². The van der Waals surface area contributed by atoms with E-state index in [1.54, 1.807) is 0 Å². The van der Waals surface area contributed by atoms with Crippen LogP contribution < -0.4 is 5.14 Å². The molecule has 0 spiro atoms. The van der Waals surface area contributed by atoms with Crippen LogP contribution in [0.1, 0.15) is 33.1 Å². The highest BCUT2D eigenvalue weighted by Crippen LogP contribution is 2.24. The molecule has 0 aromatic rings. The Bertz CT molecular complexity index is 275. The van der Waals surface area contributed by atoms with Gasteiger partial charge in [-0.1, -0.05) is 13.8 Å². The van der Waals surface area contributed by atoms with Crippen LogP contribution in [0.4, 0.5) is 0 Å². The van der Waals surface area contributed by atoms with Crippen LogP contribution in [0, 0.1) is 11.8 Å². The molecule has 14 heavy (non-hydrogen) atoms. The molecule has 0 aliphatic carbocycles. The van der Waals surface area contributed by atoms with Crippen LogP contribution in [0.15, 0.2) is 0 Å². The van der Waals surface area contributed by atoms with E-state index in [4.69, 9.17) is 5.14 Å². The molecular weight excluding hydrogens is 200 g/mol. The van der Waals surface area contributed by atoms with E-state index < -0.39 is 10.2 Å². The fourth-order valence-corrected chi connectivity index (χ4v) is 2.76. The van der Waals surface area contributed by atoms with Gasteiger partial charge in [-0.15, -0.1) is 0 Å². The van der Waals surface area contributed by atoms with E-state index in [2.05, 4.69) is 13.8 Å². The van der Waals surface area contributed by atoms with Crippen LogP contribution in [-0.4, -0.2) is 25.8 Å². The van der Waals surface area contributed by atoms with Gasteiger partial charge in [-0.2, -0.15) is 12.7 Å². The number of hydrogen-bond donors (Lipinski definition) is 1. The zero-order chi connectivity index (χ0) is 10.8. The maximum absolute atomic E-state index is 11.1. The van der Waals surface area contributed by atoms with E-state index in [0.717, 1.165) is 19.3 Å². The second-order valence-corrected chi connectivity index (χ2v) is 5.93. The average molecular weight is 220 g/mol. The zero-order valence-corrected chi connectivity index (χ0v) is 9.76. The van der Waals surface area contributed by atoms with Crippen molar-refractivity contribution in [3.63, 3.8) is 0 Å². The molecule has 0 aromatic heterocycles. The van der Waals surface area contributed by atoms with Crippen molar-refractivity contribution < 1.29 is 8.42 Å². The molecule has 5 heteroatoms. The maximum atomic E-state index is 11.1. The maximum Gasteiger partial charge on any atom is 0.276 e. The first-order chi connectivity index (χ1) is 6.41. The molecule has 1 aliphatic heterocycles. The van der Waals surface area contributed by atoms with Crippen molar-refractivity contribution in [1.82, 2.24) is 4.31 Å². The van der Waals surface area contributed by atoms with Crippen molar-refractivity contribution in [1.29, 1.82) is 0 Å². The van der Waals surface area contributed by atoms with Crippen molar-refractivity contribution in [3.05, 3.63) is 0 Å². The Labute approximate surface area is 86.6 Å². The molecule has 1 aliphatic rings. The topological polar surface area (TPSA) is 63.4 Å². The van der Waals surface area contributed by atoms with Crippen molar-refractivity contribution in [3.8, 4) is 0 Å². The quantitative estimate of drug-likeness (QED) is 0.753. The molecule has 0 bridgehead atoms. The minimum absolute atomic E-state index is 0.585. The van der Waals surface area contributed by atoms with Crippen LogP contribution in [0.25, 0.3) is 0 Å². The van der Waals surface area contributed by atoms with Crippen molar-refractivity contribution in [2.75, 3.05) is 13.1 Å². The Hall–Kier alpha value is -0.130. The summed E-state index contributed by atoms with van der Waals surface area (Å²) in [5, 5.41) is 5.10. The highest BCUT2D eigenvalue weighted by molar-refractivity contribution is 7.86. The van der Waals surface area contributed by atoms with E-state index in [-0.39, 0.29) is 0 Å². The predicted octanol–water partition coefficient (Wildman–Crippen LogP) is 0.948. The van der Waals surface area contributed by atoms with Gasteiger partial charge >= 0.3 is 0 Å². The summed E-state index contributed by atoms with van der Waals surface area (Å²) in [7, 11) is -3.47. The molecule has 1 atom stereocenters. The molecular formula is C9H20N2O2S. The predicted molar refractivity (Wildman–Crippen MR) is 56.9 cm³/mol. The molecule has 2 N–H and O–H groups in total. The lowest BCUT2D eigenvalue weighted by molar-refractivity contribution is 0.341. The smallest absolute Gasteiger partial charge is 0.216 e. The standard InChI is InChI=1S/C9H20N2O2S/c1-8(2)9-4-3-6-11(7-5-9)14(10,12)13/h8-9H,3-7H2,1-2H3,(H2,10,12,13)/t9-/m0/s1. The minimum Gasteiger partial charge on any atom is -0.216 e. The first-order valence-electron chi connectivity index (χ1n) is 5.19. The molecule has 0 radical (unpaired) electrons. The summed E-state index contributed by atoms with van der Waals surface area (Å²) in [5.41, 5.74) is 0. The lowest BCUT2D eigenvalue weighted by Crippen LogP contribution is -2.37. The van der Waals surface area contributed by atoms with Gasteiger partial charge in [-0.05, 0) is 31.1 Å². The molecule has 84 valence electrons. The highest BCUT2D eigenvalue weighted by atomic mass is 32.2. The Balaban J connectivity index is 2.58. The molecule has 1 heterocycles. The van der Waals surface area contributed by atoms with Gasteiger partial charge in [0.25, 0.3) is 10.2 Å². The summed E-state index contributed by atoms with van der Waals surface area (Å²) in [4.78, 5) is 0. The summed E-state index contributed by atoms with van der Waals surface area (Å²) in [6.07, 6.45) is 2.98. The van der Waals surface area contributed by atoms with Crippen LogP contribution >= 0.6 is 0 Å². The summed E-state index contributed by atoms with van der Waals surface area (Å²) in [6.45, 7) is 5.55. The molecule has 1 saturated heterocycles.